The van der Waals surface area contributed by atoms with E-state index in [1.165, 1.54) is 5.52 Å². The first-order chi connectivity index (χ1) is 12.7. The first kappa shape index (κ1) is 15.2. The predicted molar refractivity (Wildman–Crippen MR) is 102 cm³/mol. The number of para-hydroxylation sites is 3. The Morgan fingerprint density at radius 2 is 1.92 bits per heavy atom. The summed E-state index contributed by atoms with van der Waals surface area (Å²) >= 11 is 0. The van der Waals surface area contributed by atoms with E-state index in [0.717, 1.165) is 40.9 Å². The summed E-state index contributed by atoms with van der Waals surface area (Å²) in [4.78, 5) is 22.7. The standard InChI is InChI=1S/C21H20N4O/c1-24-11-14(16-6-2-5-9-19(16)24)10-20(26)25-12-15(13-25)21-22-17-7-3-4-8-18(17)23-21/h2-9,11,15H,10,12-13H2,1H3,(H,22,23). The summed E-state index contributed by atoms with van der Waals surface area (Å²) in [7, 11) is 2.03. The Balaban J connectivity index is 1.29. The molecule has 4 aromatic rings. The van der Waals surface area contributed by atoms with Gasteiger partial charge in [0, 0.05) is 37.2 Å². The Kier molecular flexibility index (Phi) is 3.35. The Labute approximate surface area is 151 Å². The molecule has 0 aliphatic carbocycles. The smallest absolute Gasteiger partial charge is 0.227 e. The summed E-state index contributed by atoms with van der Waals surface area (Å²) in [6.07, 6.45) is 2.52. The van der Waals surface area contributed by atoms with Crippen LogP contribution in [-0.4, -0.2) is 38.4 Å². The summed E-state index contributed by atoms with van der Waals surface area (Å²) in [6.45, 7) is 1.48. The van der Waals surface area contributed by atoms with Crippen molar-refractivity contribution in [1.29, 1.82) is 0 Å². The molecule has 5 heteroatoms. The van der Waals surface area contributed by atoms with E-state index in [2.05, 4.69) is 32.9 Å². The van der Waals surface area contributed by atoms with Crippen LogP contribution in [0.25, 0.3) is 21.9 Å². The number of benzene rings is 2. The molecule has 1 aliphatic rings. The van der Waals surface area contributed by atoms with E-state index < -0.39 is 0 Å². The molecule has 1 N–H and O–H groups in total. The van der Waals surface area contributed by atoms with Gasteiger partial charge in [0.1, 0.15) is 5.82 Å². The van der Waals surface area contributed by atoms with Gasteiger partial charge in [-0.25, -0.2) is 4.98 Å². The number of carbonyl (C=O) groups excluding carboxylic acids is 1. The van der Waals surface area contributed by atoms with Crippen molar-refractivity contribution in [3.05, 3.63) is 66.1 Å². The third-order valence-electron chi connectivity index (χ3n) is 5.35. The van der Waals surface area contributed by atoms with Gasteiger partial charge in [0.15, 0.2) is 0 Å². The van der Waals surface area contributed by atoms with E-state index in [0.29, 0.717) is 12.3 Å². The third-order valence-corrected chi connectivity index (χ3v) is 5.35. The zero-order valence-corrected chi connectivity index (χ0v) is 14.6. The Hall–Kier alpha value is -3.08. The molecule has 5 rings (SSSR count). The number of carbonyl (C=O) groups is 1. The molecular weight excluding hydrogens is 324 g/mol. The summed E-state index contributed by atoms with van der Waals surface area (Å²) in [5.41, 5.74) is 4.31. The molecule has 0 atom stereocenters. The fourth-order valence-electron chi connectivity index (χ4n) is 3.86. The van der Waals surface area contributed by atoms with E-state index in [9.17, 15) is 4.79 Å². The highest BCUT2D eigenvalue weighted by molar-refractivity contribution is 5.89. The van der Waals surface area contributed by atoms with Crippen LogP contribution in [0.5, 0.6) is 0 Å². The van der Waals surface area contributed by atoms with E-state index >= 15 is 0 Å². The number of hydrogen-bond donors (Lipinski definition) is 1. The molecule has 0 spiro atoms. The first-order valence-corrected chi connectivity index (χ1v) is 8.94. The van der Waals surface area contributed by atoms with Crippen LogP contribution in [0.15, 0.2) is 54.7 Å². The average Bonchev–Trinajstić information content (AvgIpc) is 3.15. The van der Waals surface area contributed by atoms with Crippen LogP contribution >= 0.6 is 0 Å². The highest BCUT2D eigenvalue weighted by Gasteiger charge is 2.33. The number of imidazole rings is 1. The van der Waals surface area contributed by atoms with Crippen molar-refractivity contribution in [3.8, 4) is 0 Å². The fourth-order valence-corrected chi connectivity index (χ4v) is 3.86. The number of hydrogen-bond acceptors (Lipinski definition) is 2. The third kappa shape index (κ3) is 2.39. The number of aromatic amines is 1. The number of likely N-dealkylation sites (tertiary alicyclic amines) is 1. The van der Waals surface area contributed by atoms with E-state index in [1.807, 2.05) is 48.3 Å². The van der Waals surface area contributed by atoms with E-state index in [-0.39, 0.29) is 5.91 Å². The van der Waals surface area contributed by atoms with Gasteiger partial charge < -0.3 is 14.5 Å². The van der Waals surface area contributed by atoms with Crippen molar-refractivity contribution >= 4 is 27.8 Å². The number of aromatic nitrogens is 3. The molecule has 130 valence electrons. The molecule has 1 saturated heterocycles. The van der Waals surface area contributed by atoms with Crippen molar-refractivity contribution in [3.63, 3.8) is 0 Å². The molecule has 5 nitrogen and oxygen atoms in total. The number of aryl methyl sites for hydroxylation is 1. The number of H-pyrrole nitrogens is 1. The lowest BCUT2D eigenvalue weighted by atomic mass is 9.98. The van der Waals surface area contributed by atoms with Crippen LogP contribution < -0.4 is 0 Å². The maximum absolute atomic E-state index is 12.7. The molecule has 1 fully saturated rings. The van der Waals surface area contributed by atoms with Gasteiger partial charge in [-0.1, -0.05) is 30.3 Å². The van der Waals surface area contributed by atoms with Crippen LogP contribution in [0.3, 0.4) is 0 Å². The molecular formula is C21H20N4O. The molecule has 2 aromatic carbocycles. The zero-order valence-electron chi connectivity index (χ0n) is 14.6. The highest BCUT2D eigenvalue weighted by Crippen LogP contribution is 2.28. The molecule has 1 aliphatic heterocycles. The maximum Gasteiger partial charge on any atom is 0.227 e. The van der Waals surface area contributed by atoms with Gasteiger partial charge in [-0.15, -0.1) is 0 Å². The quantitative estimate of drug-likeness (QED) is 0.620. The summed E-state index contributed by atoms with van der Waals surface area (Å²) in [5, 5.41) is 1.16. The van der Waals surface area contributed by atoms with Crippen molar-refractivity contribution in [2.24, 2.45) is 7.05 Å². The molecule has 0 saturated carbocycles. The summed E-state index contributed by atoms with van der Waals surface area (Å²) < 4.78 is 2.09. The van der Waals surface area contributed by atoms with Gasteiger partial charge in [0.2, 0.25) is 5.91 Å². The normalized spacial score (nSPS) is 14.9. The lowest BCUT2D eigenvalue weighted by molar-refractivity contribution is -0.134. The Bertz CT molecular complexity index is 1080. The second-order valence-electron chi connectivity index (χ2n) is 7.09. The topological polar surface area (TPSA) is 53.9 Å². The molecule has 0 bridgehead atoms. The minimum atomic E-state index is 0.189. The number of rotatable bonds is 3. The Morgan fingerprint density at radius 3 is 2.77 bits per heavy atom. The first-order valence-electron chi connectivity index (χ1n) is 8.94. The molecule has 26 heavy (non-hydrogen) atoms. The van der Waals surface area contributed by atoms with Crippen LogP contribution in [0.1, 0.15) is 17.3 Å². The minimum Gasteiger partial charge on any atom is -0.350 e. The average molecular weight is 344 g/mol. The van der Waals surface area contributed by atoms with Crippen LogP contribution in [0.2, 0.25) is 0 Å². The van der Waals surface area contributed by atoms with Gasteiger partial charge in [-0.05, 0) is 23.8 Å². The van der Waals surface area contributed by atoms with Crippen LogP contribution in [0.4, 0.5) is 0 Å². The Morgan fingerprint density at radius 1 is 1.15 bits per heavy atom. The number of nitrogens with one attached hydrogen (secondary N) is 1. The highest BCUT2D eigenvalue weighted by atomic mass is 16.2. The van der Waals surface area contributed by atoms with E-state index in [4.69, 9.17) is 0 Å². The monoisotopic (exact) mass is 344 g/mol. The van der Waals surface area contributed by atoms with Crippen molar-refractivity contribution < 1.29 is 4.79 Å². The lowest BCUT2D eigenvalue weighted by Crippen LogP contribution is -2.49. The van der Waals surface area contributed by atoms with Gasteiger partial charge in [0.25, 0.3) is 0 Å². The zero-order chi connectivity index (χ0) is 17.7. The van der Waals surface area contributed by atoms with Crippen molar-refractivity contribution in [2.75, 3.05) is 13.1 Å². The van der Waals surface area contributed by atoms with Crippen molar-refractivity contribution in [2.45, 2.75) is 12.3 Å². The second-order valence-corrected chi connectivity index (χ2v) is 7.09. The maximum atomic E-state index is 12.7. The van der Waals surface area contributed by atoms with E-state index in [1.54, 1.807) is 0 Å². The number of fused-ring (bicyclic) bond motifs is 2. The van der Waals surface area contributed by atoms with Gasteiger partial charge in [-0.3, -0.25) is 4.79 Å². The van der Waals surface area contributed by atoms with Crippen molar-refractivity contribution in [1.82, 2.24) is 19.4 Å². The summed E-state index contributed by atoms with van der Waals surface area (Å²) in [5.74, 6) is 1.48. The van der Waals surface area contributed by atoms with Crippen LogP contribution in [0, 0.1) is 0 Å². The molecule has 1 amide bonds. The predicted octanol–water partition coefficient (Wildman–Crippen LogP) is 3.22. The number of nitrogens with zero attached hydrogens (tertiary/aromatic N) is 3. The molecule has 2 aromatic heterocycles. The van der Waals surface area contributed by atoms with Crippen LogP contribution in [-0.2, 0) is 18.3 Å². The molecule has 0 unspecified atom stereocenters. The molecule has 3 heterocycles. The summed E-state index contributed by atoms with van der Waals surface area (Å²) in [6, 6.07) is 16.3. The van der Waals surface area contributed by atoms with Gasteiger partial charge >= 0.3 is 0 Å². The molecule has 0 radical (unpaired) electrons. The van der Waals surface area contributed by atoms with Gasteiger partial charge in [-0.2, -0.15) is 0 Å². The largest absolute Gasteiger partial charge is 0.350 e. The minimum absolute atomic E-state index is 0.189. The van der Waals surface area contributed by atoms with Gasteiger partial charge in [0.05, 0.1) is 23.4 Å². The fraction of sp³-hybridized carbons (Fsp3) is 0.238. The lowest BCUT2D eigenvalue weighted by Gasteiger charge is -2.38. The second kappa shape index (κ2) is 5.73. The SMILES string of the molecule is Cn1cc(CC(=O)N2CC(c3nc4ccccc4[nH]3)C2)c2ccccc21. The number of amides is 1.